The number of anilines is 1. The van der Waals surface area contributed by atoms with Gasteiger partial charge in [0.15, 0.2) is 27.5 Å². The zero-order chi connectivity index (χ0) is 23.4. The molecule has 33 heavy (non-hydrogen) atoms. The summed E-state index contributed by atoms with van der Waals surface area (Å²) >= 11 is 0. The second-order valence-corrected chi connectivity index (χ2v) is 10.4. The molecule has 0 amide bonds. The summed E-state index contributed by atoms with van der Waals surface area (Å²) in [5.74, 6) is 1.43. The van der Waals surface area contributed by atoms with Gasteiger partial charge in [-0.25, -0.2) is 8.42 Å². The second-order valence-electron chi connectivity index (χ2n) is 8.34. The second kappa shape index (κ2) is 9.70. The summed E-state index contributed by atoms with van der Waals surface area (Å²) in [6.45, 7) is 0.484. The number of hydrogen-bond acceptors (Lipinski definition) is 6. The minimum Gasteiger partial charge on any atom is -0.619 e. The number of benzene rings is 2. The number of aromatic nitrogens is 1. The molecule has 3 aromatic rings. The van der Waals surface area contributed by atoms with Crippen LogP contribution in [0.25, 0.3) is 11.1 Å². The zero-order valence-electron chi connectivity index (χ0n) is 18.8. The predicted octanol–water partition coefficient (Wildman–Crippen LogP) is 4.33. The quantitative estimate of drug-likeness (QED) is 0.391. The van der Waals surface area contributed by atoms with Crippen molar-refractivity contribution in [2.24, 2.45) is 0 Å². The van der Waals surface area contributed by atoms with Gasteiger partial charge in [0.05, 0.1) is 18.1 Å². The van der Waals surface area contributed by atoms with Crippen molar-refractivity contribution in [1.29, 1.82) is 0 Å². The Kier molecular flexibility index (Phi) is 6.74. The first-order chi connectivity index (χ1) is 15.8. The van der Waals surface area contributed by atoms with Gasteiger partial charge in [-0.1, -0.05) is 18.2 Å². The molecule has 0 saturated heterocycles. The number of nitrogens with one attached hydrogen (secondary N) is 1. The van der Waals surface area contributed by atoms with Crippen LogP contribution in [-0.2, 0) is 16.4 Å². The summed E-state index contributed by atoms with van der Waals surface area (Å²) in [6.07, 6.45) is 8.75. The molecule has 1 N–H and O–H groups in total. The van der Waals surface area contributed by atoms with Gasteiger partial charge in [-0.3, -0.25) is 0 Å². The van der Waals surface area contributed by atoms with E-state index in [1.165, 1.54) is 25.2 Å². The summed E-state index contributed by atoms with van der Waals surface area (Å²) < 4.78 is 36.1. The summed E-state index contributed by atoms with van der Waals surface area (Å²) in [7, 11) is -1.71. The lowest BCUT2D eigenvalue weighted by atomic mass is 10.1. The van der Waals surface area contributed by atoms with Crippen LogP contribution in [0.5, 0.6) is 11.5 Å². The fraction of sp³-hybridized carbons (Fsp3) is 0.320. The van der Waals surface area contributed by atoms with E-state index in [2.05, 4.69) is 5.32 Å². The summed E-state index contributed by atoms with van der Waals surface area (Å²) in [5, 5.41) is 15.5. The van der Waals surface area contributed by atoms with Crippen LogP contribution in [0.2, 0.25) is 0 Å². The van der Waals surface area contributed by atoms with Crippen LogP contribution in [0.1, 0.15) is 31.2 Å². The molecule has 4 rings (SSSR count). The Hall–Kier alpha value is -3.26. The highest BCUT2D eigenvalue weighted by molar-refractivity contribution is 7.90. The highest BCUT2D eigenvalue weighted by Crippen LogP contribution is 2.33. The average Bonchev–Trinajstić information content (AvgIpc) is 3.30. The number of nitrogens with zero attached hydrogens (tertiary/aromatic N) is 1. The molecule has 1 heterocycles. The zero-order valence-corrected chi connectivity index (χ0v) is 19.6. The maximum Gasteiger partial charge on any atom is 0.203 e. The fourth-order valence-corrected chi connectivity index (χ4v) is 4.69. The van der Waals surface area contributed by atoms with E-state index in [1.54, 1.807) is 31.4 Å². The molecule has 174 valence electrons. The van der Waals surface area contributed by atoms with Crippen LogP contribution >= 0.6 is 0 Å². The lowest BCUT2D eigenvalue weighted by molar-refractivity contribution is -0.604. The first-order valence-corrected chi connectivity index (χ1v) is 12.8. The van der Waals surface area contributed by atoms with Gasteiger partial charge < -0.3 is 20.0 Å². The van der Waals surface area contributed by atoms with Crippen LogP contribution in [0.3, 0.4) is 0 Å². The Morgan fingerprint density at radius 1 is 1.03 bits per heavy atom. The van der Waals surface area contributed by atoms with Crippen molar-refractivity contribution < 1.29 is 22.6 Å². The monoisotopic (exact) mass is 468 g/mol. The molecule has 1 fully saturated rings. The van der Waals surface area contributed by atoms with Crippen molar-refractivity contribution in [2.75, 3.05) is 18.7 Å². The number of ether oxygens (including phenoxy) is 2. The standard InChI is InChI=1S/C25H28N2O5S/c1-31-24-11-10-18(12-25(24)32-22-7-3-4-8-22)15-26-21-13-20(16-27(28)17-21)19-6-5-9-23(14-19)33(2,29)30/h5-6,9-14,16-17,22,26H,3-4,7-8,15H2,1-2H3. The first-order valence-electron chi connectivity index (χ1n) is 10.9. The van der Waals surface area contributed by atoms with Crippen molar-refractivity contribution in [1.82, 2.24) is 0 Å². The van der Waals surface area contributed by atoms with E-state index in [9.17, 15) is 13.6 Å². The first kappa shape index (κ1) is 22.9. The lowest BCUT2D eigenvalue weighted by Gasteiger charge is -2.17. The van der Waals surface area contributed by atoms with E-state index >= 15 is 0 Å². The number of rotatable bonds is 8. The van der Waals surface area contributed by atoms with Gasteiger partial charge in [-0.2, -0.15) is 4.73 Å². The summed E-state index contributed by atoms with van der Waals surface area (Å²) in [5.41, 5.74) is 2.90. The molecule has 1 aliphatic carbocycles. The Balaban J connectivity index is 1.53. The minimum atomic E-state index is -3.34. The van der Waals surface area contributed by atoms with E-state index in [-0.39, 0.29) is 11.0 Å². The number of hydrogen-bond donors (Lipinski definition) is 1. The molecular weight excluding hydrogens is 440 g/mol. The smallest absolute Gasteiger partial charge is 0.203 e. The van der Waals surface area contributed by atoms with Crippen LogP contribution in [-0.4, -0.2) is 27.9 Å². The molecule has 1 aliphatic rings. The third kappa shape index (κ3) is 5.76. The third-order valence-electron chi connectivity index (χ3n) is 5.76. The largest absolute Gasteiger partial charge is 0.619 e. The molecule has 0 atom stereocenters. The van der Waals surface area contributed by atoms with Gasteiger partial charge in [-0.05, 0) is 67.1 Å². The number of pyridine rings is 1. The molecule has 0 aliphatic heterocycles. The number of methoxy groups -OCH3 is 1. The Morgan fingerprint density at radius 2 is 1.82 bits per heavy atom. The van der Waals surface area contributed by atoms with E-state index in [1.807, 2.05) is 24.3 Å². The van der Waals surface area contributed by atoms with Gasteiger partial charge >= 0.3 is 0 Å². The maximum atomic E-state index is 12.2. The molecule has 0 bridgehead atoms. The Labute approximate surface area is 194 Å². The van der Waals surface area contributed by atoms with Crippen LogP contribution in [0.15, 0.2) is 65.8 Å². The van der Waals surface area contributed by atoms with Crippen molar-refractivity contribution in [3.05, 3.63) is 71.7 Å². The molecule has 0 spiro atoms. The molecule has 1 saturated carbocycles. The van der Waals surface area contributed by atoms with Gasteiger partial charge in [-0.15, -0.1) is 0 Å². The van der Waals surface area contributed by atoms with E-state index in [0.29, 0.717) is 33.8 Å². The maximum absolute atomic E-state index is 12.2. The minimum absolute atomic E-state index is 0.212. The molecule has 7 nitrogen and oxygen atoms in total. The molecule has 2 aromatic carbocycles. The number of sulfone groups is 1. The van der Waals surface area contributed by atoms with Gasteiger partial charge in [0.25, 0.3) is 0 Å². The fourth-order valence-electron chi connectivity index (χ4n) is 4.03. The highest BCUT2D eigenvalue weighted by atomic mass is 32.2. The molecular formula is C25H28N2O5S. The SMILES string of the molecule is COc1ccc(CNc2cc(-c3cccc(S(C)(=O)=O)c3)c[n+]([O-])c2)cc1OC1CCCC1. The van der Waals surface area contributed by atoms with Crippen molar-refractivity contribution in [3.8, 4) is 22.6 Å². The van der Waals surface area contributed by atoms with Crippen LogP contribution in [0, 0.1) is 5.21 Å². The van der Waals surface area contributed by atoms with Crippen molar-refractivity contribution in [3.63, 3.8) is 0 Å². The van der Waals surface area contributed by atoms with E-state index in [0.717, 1.165) is 30.4 Å². The lowest BCUT2D eigenvalue weighted by Crippen LogP contribution is -2.25. The summed E-state index contributed by atoms with van der Waals surface area (Å²) in [6, 6.07) is 14.2. The molecule has 0 unspecified atom stereocenters. The van der Waals surface area contributed by atoms with Gasteiger partial charge in [0.2, 0.25) is 6.20 Å². The molecule has 8 heteroatoms. The summed E-state index contributed by atoms with van der Waals surface area (Å²) in [4.78, 5) is 0.212. The van der Waals surface area contributed by atoms with Crippen LogP contribution in [0.4, 0.5) is 5.69 Å². The topological polar surface area (TPSA) is 91.6 Å². The predicted molar refractivity (Wildman–Crippen MR) is 127 cm³/mol. The van der Waals surface area contributed by atoms with Gasteiger partial charge in [0.1, 0.15) is 5.69 Å². The van der Waals surface area contributed by atoms with Gasteiger partial charge in [0, 0.05) is 18.4 Å². The van der Waals surface area contributed by atoms with E-state index in [4.69, 9.17) is 9.47 Å². The Morgan fingerprint density at radius 3 is 2.55 bits per heavy atom. The van der Waals surface area contributed by atoms with Crippen LogP contribution < -0.4 is 19.5 Å². The van der Waals surface area contributed by atoms with Crippen molar-refractivity contribution >= 4 is 15.5 Å². The normalized spacial score (nSPS) is 14.2. The molecule has 1 aromatic heterocycles. The Bertz CT molecular complexity index is 1240. The third-order valence-corrected chi connectivity index (χ3v) is 6.87. The van der Waals surface area contributed by atoms with E-state index < -0.39 is 9.84 Å². The highest BCUT2D eigenvalue weighted by Gasteiger charge is 2.19. The molecule has 0 radical (unpaired) electrons. The van der Waals surface area contributed by atoms with Crippen molar-refractivity contribution in [2.45, 2.75) is 43.2 Å². The average molecular weight is 469 g/mol.